The number of hydrogen-bond acceptors (Lipinski definition) is 3. The van der Waals surface area contributed by atoms with Crippen LogP contribution in [-0.4, -0.2) is 20.8 Å². The minimum atomic E-state index is 0.742. The van der Waals surface area contributed by atoms with Gasteiger partial charge in [-0.15, -0.1) is 0 Å². The lowest BCUT2D eigenvalue weighted by atomic mass is 10.1. The monoisotopic (exact) mass is 285 g/mol. The van der Waals surface area contributed by atoms with Gasteiger partial charge in [0.1, 0.15) is 11.5 Å². The Hall–Kier alpha value is -1.84. The number of rotatable bonds is 7. The molecule has 21 heavy (non-hydrogen) atoms. The van der Waals surface area contributed by atoms with Crippen molar-refractivity contribution < 1.29 is 9.47 Å². The summed E-state index contributed by atoms with van der Waals surface area (Å²) in [6.45, 7) is 3.68. The molecule has 0 fully saturated rings. The van der Waals surface area contributed by atoms with Crippen LogP contribution in [-0.2, 0) is 17.7 Å². The highest BCUT2D eigenvalue weighted by Crippen LogP contribution is 2.26. The van der Waals surface area contributed by atoms with E-state index in [2.05, 4.69) is 36.5 Å². The molecule has 0 bridgehead atoms. The van der Waals surface area contributed by atoms with E-state index < -0.39 is 0 Å². The van der Waals surface area contributed by atoms with Gasteiger partial charge in [0, 0.05) is 13.7 Å². The first-order chi connectivity index (χ1) is 10.2. The molecule has 0 saturated carbocycles. The second kappa shape index (κ2) is 7.81. The Bertz CT molecular complexity index is 564. The van der Waals surface area contributed by atoms with Crippen LogP contribution in [0.1, 0.15) is 16.7 Å². The molecule has 0 amide bonds. The molecular weight excluding hydrogens is 262 g/mol. The maximum absolute atomic E-state index is 5.95. The minimum absolute atomic E-state index is 0.742. The average molecular weight is 285 g/mol. The van der Waals surface area contributed by atoms with Crippen LogP contribution in [0, 0.1) is 6.92 Å². The summed E-state index contributed by atoms with van der Waals surface area (Å²) in [5.41, 5.74) is 3.66. The SMILES string of the molecule is CNCc1ccc(Oc2ccc(CCOC)cc2)c(C)c1. The maximum atomic E-state index is 5.95. The van der Waals surface area contributed by atoms with E-state index in [9.17, 15) is 0 Å². The molecule has 2 aromatic carbocycles. The summed E-state index contributed by atoms with van der Waals surface area (Å²) >= 11 is 0. The van der Waals surface area contributed by atoms with Crippen molar-refractivity contribution in [2.75, 3.05) is 20.8 Å². The van der Waals surface area contributed by atoms with Crippen molar-refractivity contribution in [2.24, 2.45) is 0 Å². The van der Waals surface area contributed by atoms with Crippen LogP contribution >= 0.6 is 0 Å². The number of benzene rings is 2. The van der Waals surface area contributed by atoms with E-state index in [1.807, 2.05) is 25.2 Å². The Labute approximate surface area is 126 Å². The predicted octanol–water partition coefficient (Wildman–Crippen LogP) is 3.70. The minimum Gasteiger partial charge on any atom is -0.457 e. The lowest BCUT2D eigenvalue weighted by Crippen LogP contribution is -2.05. The smallest absolute Gasteiger partial charge is 0.130 e. The summed E-state index contributed by atoms with van der Waals surface area (Å²) in [4.78, 5) is 0. The van der Waals surface area contributed by atoms with Crippen molar-refractivity contribution in [3.8, 4) is 11.5 Å². The van der Waals surface area contributed by atoms with E-state index in [-0.39, 0.29) is 0 Å². The van der Waals surface area contributed by atoms with Gasteiger partial charge in [-0.25, -0.2) is 0 Å². The lowest BCUT2D eigenvalue weighted by Gasteiger charge is -2.11. The summed E-state index contributed by atoms with van der Waals surface area (Å²) < 4.78 is 11.0. The van der Waals surface area contributed by atoms with Crippen molar-refractivity contribution in [1.29, 1.82) is 0 Å². The Balaban J connectivity index is 2.04. The number of nitrogens with one attached hydrogen (secondary N) is 1. The zero-order valence-corrected chi connectivity index (χ0v) is 13.0. The molecule has 0 spiro atoms. The number of methoxy groups -OCH3 is 1. The molecule has 3 nitrogen and oxygen atoms in total. The topological polar surface area (TPSA) is 30.5 Å². The second-order valence-corrected chi connectivity index (χ2v) is 5.12. The van der Waals surface area contributed by atoms with Gasteiger partial charge in [0.2, 0.25) is 0 Å². The normalized spacial score (nSPS) is 10.6. The zero-order chi connectivity index (χ0) is 15.1. The standard InChI is InChI=1S/C18H23NO2/c1-14-12-16(13-19-2)6-9-18(14)21-17-7-4-15(5-8-17)10-11-20-3/h4-9,12,19H,10-11,13H2,1-3H3. The van der Waals surface area contributed by atoms with Crippen LogP contribution in [0.25, 0.3) is 0 Å². The quantitative estimate of drug-likeness (QED) is 0.841. The molecule has 1 N–H and O–H groups in total. The fraction of sp³-hybridized carbons (Fsp3) is 0.333. The lowest BCUT2D eigenvalue weighted by molar-refractivity contribution is 0.202. The molecule has 0 unspecified atom stereocenters. The highest BCUT2D eigenvalue weighted by atomic mass is 16.5. The zero-order valence-electron chi connectivity index (χ0n) is 13.0. The molecular formula is C18H23NO2. The van der Waals surface area contributed by atoms with Gasteiger partial charge in [-0.05, 0) is 55.3 Å². The molecule has 0 radical (unpaired) electrons. The first-order valence-electron chi connectivity index (χ1n) is 7.23. The maximum Gasteiger partial charge on any atom is 0.130 e. The summed E-state index contributed by atoms with van der Waals surface area (Å²) in [6, 6.07) is 14.4. The van der Waals surface area contributed by atoms with E-state index in [0.717, 1.165) is 36.6 Å². The summed E-state index contributed by atoms with van der Waals surface area (Å²) in [5.74, 6) is 1.76. The van der Waals surface area contributed by atoms with E-state index in [1.165, 1.54) is 11.1 Å². The molecule has 0 aliphatic rings. The van der Waals surface area contributed by atoms with E-state index in [0.29, 0.717) is 0 Å². The Morgan fingerprint density at radius 2 is 1.71 bits per heavy atom. The number of hydrogen-bond donors (Lipinski definition) is 1. The molecule has 0 atom stereocenters. The van der Waals surface area contributed by atoms with Crippen molar-refractivity contribution in [3.05, 3.63) is 59.2 Å². The van der Waals surface area contributed by atoms with Gasteiger partial charge in [-0.1, -0.05) is 24.3 Å². The van der Waals surface area contributed by atoms with Gasteiger partial charge in [0.15, 0.2) is 0 Å². The van der Waals surface area contributed by atoms with Crippen LogP contribution in [0.2, 0.25) is 0 Å². The van der Waals surface area contributed by atoms with Crippen LogP contribution in [0.3, 0.4) is 0 Å². The second-order valence-electron chi connectivity index (χ2n) is 5.12. The summed E-state index contributed by atoms with van der Waals surface area (Å²) in [6.07, 6.45) is 0.925. The van der Waals surface area contributed by atoms with Gasteiger partial charge >= 0.3 is 0 Å². The Morgan fingerprint density at radius 1 is 1.00 bits per heavy atom. The molecule has 2 aromatic rings. The van der Waals surface area contributed by atoms with Crippen LogP contribution in [0.4, 0.5) is 0 Å². The fourth-order valence-electron chi connectivity index (χ4n) is 2.21. The van der Waals surface area contributed by atoms with Gasteiger partial charge in [-0.3, -0.25) is 0 Å². The first-order valence-corrected chi connectivity index (χ1v) is 7.23. The molecule has 0 aliphatic carbocycles. The Morgan fingerprint density at radius 3 is 2.33 bits per heavy atom. The molecule has 0 saturated heterocycles. The molecule has 2 rings (SSSR count). The third-order valence-corrected chi connectivity index (χ3v) is 3.37. The van der Waals surface area contributed by atoms with Crippen LogP contribution < -0.4 is 10.1 Å². The summed E-state index contributed by atoms with van der Waals surface area (Å²) in [5, 5.41) is 3.15. The van der Waals surface area contributed by atoms with Crippen molar-refractivity contribution in [3.63, 3.8) is 0 Å². The molecule has 0 aromatic heterocycles. The van der Waals surface area contributed by atoms with Crippen LogP contribution in [0.15, 0.2) is 42.5 Å². The third-order valence-electron chi connectivity index (χ3n) is 3.37. The highest BCUT2D eigenvalue weighted by molar-refractivity contribution is 5.40. The van der Waals surface area contributed by atoms with Gasteiger partial charge in [-0.2, -0.15) is 0 Å². The molecule has 0 aliphatic heterocycles. The molecule has 0 heterocycles. The van der Waals surface area contributed by atoms with Crippen molar-refractivity contribution >= 4 is 0 Å². The number of ether oxygens (including phenoxy) is 2. The van der Waals surface area contributed by atoms with Gasteiger partial charge in [0.05, 0.1) is 6.61 Å². The third kappa shape index (κ3) is 4.59. The van der Waals surface area contributed by atoms with Crippen molar-refractivity contribution in [2.45, 2.75) is 19.9 Å². The molecule has 3 heteroatoms. The first kappa shape index (κ1) is 15.5. The predicted molar refractivity (Wildman–Crippen MR) is 86.0 cm³/mol. The van der Waals surface area contributed by atoms with Crippen LogP contribution in [0.5, 0.6) is 11.5 Å². The van der Waals surface area contributed by atoms with E-state index in [4.69, 9.17) is 9.47 Å². The summed E-state index contributed by atoms with van der Waals surface area (Å²) in [7, 11) is 3.67. The van der Waals surface area contributed by atoms with E-state index >= 15 is 0 Å². The van der Waals surface area contributed by atoms with Gasteiger partial charge in [0.25, 0.3) is 0 Å². The average Bonchev–Trinajstić information content (AvgIpc) is 2.49. The Kier molecular flexibility index (Phi) is 5.78. The number of aryl methyl sites for hydroxylation is 1. The van der Waals surface area contributed by atoms with Crippen molar-refractivity contribution in [1.82, 2.24) is 5.32 Å². The van der Waals surface area contributed by atoms with Gasteiger partial charge < -0.3 is 14.8 Å². The molecule has 112 valence electrons. The largest absolute Gasteiger partial charge is 0.457 e. The highest BCUT2D eigenvalue weighted by Gasteiger charge is 2.03. The fourth-order valence-corrected chi connectivity index (χ4v) is 2.21. The van der Waals surface area contributed by atoms with E-state index in [1.54, 1.807) is 7.11 Å².